The first-order valence-electron chi connectivity index (χ1n) is 10.7. The van der Waals surface area contributed by atoms with Gasteiger partial charge in [0.15, 0.2) is 6.61 Å². The summed E-state index contributed by atoms with van der Waals surface area (Å²) < 4.78 is 27.5. The molecule has 0 radical (unpaired) electrons. The van der Waals surface area contributed by atoms with Crippen LogP contribution in [0.1, 0.15) is 31.1 Å². The predicted octanol–water partition coefficient (Wildman–Crippen LogP) is 3.52. The number of halogens is 1. The summed E-state index contributed by atoms with van der Waals surface area (Å²) in [5.41, 5.74) is 1.55. The van der Waals surface area contributed by atoms with Crippen molar-refractivity contribution in [2.45, 2.75) is 33.4 Å². The Morgan fingerprint density at radius 2 is 1.97 bits per heavy atom. The quantitative estimate of drug-likeness (QED) is 0.428. The van der Waals surface area contributed by atoms with E-state index in [-0.39, 0.29) is 30.6 Å². The monoisotopic (exact) mass is 465 g/mol. The van der Waals surface area contributed by atoms with Crippen LogP contribution in [0.25, 0.3) is 5.78 Å². The molecule has 0 spiro atoms. The van der Waals surface area contributed by atoms with Crippen LogP contribution in [0.4, 0.5) is 10.1 Å². The molecular formula is C24H24FN5O4. The van der Waals surface area contributed by atoms with Crippen LogP contribution in [0.15, 0.2) is 59.7 Å². The molecule has 0 atom stereocenters. The maximum Gasteiger partial charge on any atom is 0.274 e. The van der Waals surface area contributed by atoms with Crippen LogP contribution in [-0.2, 0) is 11.4 Å². The zero-order chi connectivity index (χ0) is 24.2. The Bertz CT molecular complexity index is 1400. The Morgan fingerprint density at radius 3 is 2.74 bits per heavy atom. The van der Waals surface area contributed by atoms with Gasteiger partial charge in [0.25, 0.3) is 17.2 Å². The number of nitrogens with one attached hydrogen (secondary N) is 1. The number of fused-ring (bicyclic) bond motifs is 1. The van der Waals surface area contributed by atoms with Gasteiger partial charge in [-0.05, 0) is 44.5 Å². The van der Waals surface area contributed by atoms with Crippen molar-refractivity contribution in [3.63, 3.8) is 0 Å². The van der Waals surface area contributed by atoms with Crippen molar-refractivity contribution in [1.82, 2.24) is 19.2 Å². The van der Waals surface area contributed by atoms with Gasteiger partial charge in [-0.1, -0.05) is 12.1 Å². The highest BCUT2D eigenvalue weighted by Gasteiger charge is 2.12. The van der Waals surface area contributed by atoms with E-state index in [2.05, 4.69) is 15.3 Å². The van der Waals surface area contributed by atoms with Crippen LogP contribution in [-0.4, -0.2) is 31.7 Å². The molecule has 176 valence electrons. The second-order valence-corrected chi connectivity index (χ2v) is 7.98. The largest absolute Gasteiger partial charge is 0.487 e. The summed E-state index contributed by atoms with van der Waals surface area (Å²) in [4.78, 5) is 33.4. The Labute approximate surface area is 194 Å². The topological polar surface area (TPSA) is 99.7 Å². The molecule has 4 aromatic rings. The fourth-order valence-electron chi connectivity index (χ4n) is 3.30. The van der Waals surface area contributed by atoms with Crippen molar-refractivity contribution < 1.29 is 18.7 Å². The second-order valence-electron chi connectivity index (χ2n) is 7.98. The van der Waals surface area contributed by atoms with Gasteiger partial charge in [0.2, 0.25) is 0 Å². The molecule has 2 heterocycles. The summed E-state index contributed by atoms with van der Waals surface area (Å²) in [5, 5.41) is 2.72. The molecular weight excluding hydrogens is 441 g/mol. The summed E-state index contributed by atoms with van der Waals surface area (Å²) in [6.07, 6.45) is 1.58. The van der Waals surface area contributed by atoms with Gasteiger partial charge in [0, 0.05) is 29.9 Å². The number of aromatic nitrogens is 4. The Balaban J connectivity index is 1.41. The number of ether oxygens (including phenoxy) is 2. The maximum absolute atomic E-state index is 13.2. The van der Waals surface area contributed by atoms with Crippen molar-refractivity contribution in [2.24, 2.45) is 0 Å². The summed E-state index contributed by atoms with van der Waals surface area (Å²) >= 11 is 0. The lowest BCUT2D eigenvalue weighted by molar-refractivity contribution is -0.118. The van der Waals surface area contributed by atoms with E-state index >= 15 is 0 Å². The summed E-state index contributed by atoms with van der Waals surface area (Å²) in [6.45, 7) is 5.55. The third-order valence-corrected chi connectivity index (χ3v) is 5.00. The number of carbonyl (C=O) groups excluding carboxylic acids is 1. The van der Waals surface area contributed by atoms with Gasteiger partial charge in [-0.25, -0.2) is 9.37 Å². The van der Waals surface area contributed by atoms with Crippen molar-refractivity contribution in [3.8, 4) is 11.5 Å². The van der Waals surface area contributed by atoms with E-state index in [1.807, 2.05) is 20.8 Å². The third kappa shape index (κ3) is 5.22. The van der Waals surface area contributed by atoms with Crippen molar-refractivity contribution in [1.29, 1.82) is 0 Å². The van der Waals surface area contributed by atoms with Crippen molar-refractivity contribution in [2.75, 3.05) is 11.9 Å². The zero-order valence-electron chi connectivity index (χ0n) is 19.0. The fourth-order valence-corrected chi connectivity index (χ4v) is 3.30. The molecule has 0 fully saturated rings. The lowest BCUT2D eigenvalue weighted by Gasteiger charge is -2.12. The van der Waals surface area contributed by atoms with Gasteiger partial charge in [0.05, 0.1) is 5.69 Å². The molecule has 0 saturated heterocycles. The van der Waals surface area contributed by atoms with Gasteiger partial charge >= 0.3 is 0 Å². The zero-order valence-corrected chi connectivity index (χ0v) is 19.0. The normalized spacial score (nSPS) is 11.1. The first kappa shape index (κ1) is 23.0. The van der Waals surface area contributed by atoms with E-state index in [1.54, 1.807) is 35.3 Å². The molecule has 9 nitrogen and oxygen atoms in total. The fraction of sp³-hybridized carbons (Fsp3) is 0.250. The average Bonchev–Trinajstić information content (AvgIpc) is 3.23. The molecule has 10 heteroatoms. The summed E-state index contributed by atoms with van der Waals surface area (Å²) in [5.74, 6) is 0.249. The highest BCUT2D eigenvalue weighted by molar-refractivity contribution is 5.92. The lowest BCUT2D eigenvalue weighted by Crippen LogP contribution is -2.23. The summed E-state index contributed by atoms with van der Waals surface area (Å²) in [7, 11) is 0. The molecule has 0 aliphatic carbocycles. The number of benzene rings is 2. The first-order chi connectivity index (χ1) is 16.3. The SMILES string of the molecule is Cc1ccc(NC(=O)COc2cccc(F)c2)cc1OCc1cc(=O)n2c(ncn2C(C)C)n1. The predicted molar refractivity (Wildman–Crippen MR) is 124 cm³/mol. The van der Waals surface area contributed by atoms with E-state index in [4.69, 9.17) is 9.47 Å². The van der Waals surface area contributed by atoms with Crippen LogP contribution in [0.2, 0.25) is 0 Å². The number of amides is 1. The van der Waals surface area contributed by atoms with Crippen LogP contribution < -0.4 is 20.3 Å². The maximum atomic E-state index is 13.2. The molecule has 34 heavy (non-hydrogen) atoms. The molecule has 1 N–H and O–H groups in total. The standard InChI is InChI=1S/C24H24FN5O4/c1-15(2)29-14-26-24-28-19(11-23(32)30(24)29)12-34-21-10-18(8-7-16(21)3)27-22(31)13-33-20-6-4-5-17(25)9-20/h4-11,14-15H,12-13H2,1-3H3,(H,27,31). The molecule has 0 bridgehead atoms. The van der Waals surface area contributed by atoms with E-state index in [0.717, 1.165) is 5.56 Å². The van der Waals surface area contributed by atoms with Crippen LogP contribution >= 0.6 is 0 Å². The Kier molecular flexibility index (Phi) is 6.58. The van der Waals surface area contributed by atoms with Gasteiger partial charge in [-0.2, -0.15) is 9.50 Å². The molecule has 0 aliphatic heterocycles. The molecule has 0 saturated carbocycles. The van der Waals surface area contributed by atoms with Gasteiger partial charge in [-0.3, -0.25) is 14.3 Å². The smallest absolute Gasteiger partial charge is 0.274 e. The molecule has 2 aromatic heterocycles. The Morgan fingerprint density at radius 1 is 1.15 bits per heavy atom. The number of hydrogen-bond donors (Lipinski definition) is 1. The number of carbonyl (C=O) groups is 1. The summed E-state index contributed by atoms with van der Waals surface area (Å²) in [6, 6.07) is 12.3. The minimum Gasteiger partial charge on any atom is -0.487 e. The van der Waals surface area contributed by atoms with Crippen LogP contribution in [0.3, 0.4) is 0 Å². The number of hydrogen-bond acceptors (Lipinski definition) is 6. The molecule has 0 unspecified atom stereocenters. The lowest BCUT2D eigenvalue weighted by atomic mass is 10.2. The minimum absolute atomic E-state index is 0.0567. The van der Waals surface area contributed by atoms with E-state index in [1.165, 1.54) is 28.8 Å². The van der Waals surface area contributed by atoms with E-state index in [0.29, 0.717) is 22.9 Å². The number of rotatable bonds is 8. The van der Waals surface area contributed by atoms with Gasteiger partial charge in [0.1, 0.15) is 30.3 Å². The molecule has 4 rings (SSSR count). The molecule has 0 aliphatic rings. The third-order valence-electron chi connectivity index (χ3n) is 5.00. The van der Waals surface area contributed by atoms with Crippen molar-refractivity contribution in [3.05, 3.63) is 82.3 Å². The van der Waals surface area contributed by atoms with Crippen molar-refractivity contribution >= 4 is 17.4 Å². The molecule has 1 amide bonds. The minimum atomic E-state index is -0.442. The van der Waals surface area contributed by atoms with Crippen LogP contribution in [0, 0.1) is 12.7 Å². The van der Waals surface area contributed by atoms with Gasteiger partial charge in [-0.15, -0.1) is 0 Å². The second kappa shape index (κ2) is 9.74. The Hall–Kier alpha value is -4.21. The number of aryl methyl sites for hydroxylation is 1. The number of nitrogens with zero attached hydrogens (tertiary/aromatic N) is 4. The van der Waals surface area contributed by atoms with Crippen LogP contribution in [0.5, 0.6) is 11.5 Å². The van der Waals surface area contributed by atoms with E-state index in [9.17, 15) is 14.0 Å². The average molecular weight is 465 g/mol. The highest BCUT2D eigenvalue weighted by atomic mass is 19.1. The molecule has 2 aromatic carbocycles. The van der Waals surface area contributed by atoms with E-state index < -0.39 is 11.7 Å². The number of anilines is 1. The van der Waals surface area contributed by atoms with Gasteiger partial charge < -0.3 is 14.8 Å². The first-order valence-corrected chi connectivity index (χ1v) is 10.7. The highest BCUT2D eigenvalue weighted by Crippen LogP contribution is 2.23.